The molecule has 1 atom stereocenters. The molecule has 1 heterocycles. The Kier molecular flexibility index (Phi) is 3.93. The first kappa shape index (κ1) is 15.1. The van der Waals surface area contributed by atoms with Crippen LogP contribution in [-0.2, 0) is 9.31 Å². The van der Waals surface area contributed by atoms with Crippen molar-refractivity contribution in [3.8, 4) is 0 Å². The second kappa shape index (κ2) is 4.94. The number of benzene rings is 1. The van der Waals surface area contributed by atoms with Crippen LogP contribution in [0.1, 0.15) is 39.2 Å². The maximum absolute atomic E-state index is 6.23. The summed E-state index contributed by atoms with van der Waals surface area (Å²) in [6.45, 7) is 7.92. The highest BCUT2D eigenvalue weighted by molar-refractivity contribution is 6.49. The molecule has 1 aliphatic rings. The first-order valence-electron chi connectivity index (χ1n) is 6.21. The van der Waals surface area contributed by atoms with E-state index in [2.05, 4.69) is 0 Å². The lowest BCUT2D eigenvalue weighted by Crippen LogP contribution is -2.41. The predicted molar refractivity (Wildman–Crippen MR) is 79.5 cm³/mol. The van der Waals surface area contributed by atoms with Gasteiger partial charge in [0.15, 0.2) is 0 Å². The van der Waals surface area contributed by atoms with Gasteiger partial charge in [0.25, 0.3) is 0 Å². The van der Waals surface area contributed by atoms with Gasteiger partial charge in [-0.2, -0.15) is 0 Å². The van der Waals surface area contributed by atoms with Gasteiger partial charge in [-0.1, -0.05) is 29.3 Å². The van der Waals surface area contributed by atoms with Crippen LogP contribution in [0.5, 0.6) is 0 Å². The molecule has 0 radical (unpaired) electrons. The smallest absolute Gasteiger partial charge is 0.402 e. The van der Waals surface area contributed by atoms with Crippen molar-refractivity contribution in [1.82, 2.24) is 0 Å². The van der Waals surface area contributed by atoms with Gasteiger partial charge in [0, 0.05) is 15.6 Å². The molecule has 2 N–H and O–H groups in total. The summed E-state index contributed by atoms with van der Waals surface area (Å²) in [5.41, 5.74) is 6.03. The first-order valence-corrected chi connectivity index (χ1v) is 6.96. The molecule has 104 valence electrons. The molecule has 0 aliphatic carbocycles. The molecule has 0 aromatic heterocycles. The number of nitrogens with two attached hydrogens (primary N) is 1. The summed E-state index contributed by atoms with van der Waals surface area (Å²) in [6.07, 6.45) is 0. The number of hydrogen-bond acceptors (Lipinski definition) is 3. The average molecular weight is 302 g/mol. The van der Waals surface area contributed by atoms with Crippen LogP contribution in [0.15, 0.2) is 18.2 Å². The maximum Gasteiger partial charge on any atom is 0.480 e. The quantitative estimate of drug-likeness (QED) is 0.849. The minimum absolute atomic E-state index is 0.428. The molecule has 1 fully saturated rings. The van der Waals surface area contributed by atoms with Crippen molar-refractivity contribution in [2.75, 3.05) is 0 Å². The van der Waals surface area contributed by atoms with Crippen LogP contribution >= 0.6 is 23.2 Å². The Bertz CT molecular complexity index is 457. The number of halogens is 2. The van der Waals surface area contributed by atoms with Crippen LogP contribution in [-0.4, -0.2) is 18.3 Å². The molecular weight excluding hydrogens is 284 g/mol. The standard InChI is InChI=1S/C13H18BCl2NO2/c1-12(2)13(3,4)19-14(18-12)11(17)10-8(15)6-5-7-9(10)16/h5-7,11H,17H2,1-4H3/t11-/m1/s1. The van der Waals surface area contributed by atoms with E-state index in [0.717, 1.165) is 0 Å². The van der Waals surface area contributed by atoms with Gasteiger partial charge in [-0.25, -0.2) is 0 Å². The minimum atomic E-state index is -0.567. The molecule has 0 unspecified atom stereocenters. The molecule has 3 nitrogen and oxygen atoms in total. The predicted octanol–water partition coefficient (Wildman–Crippen LogP) is 3.62. The van der Waals surface area contributed by atoms with Crippen molar-refractivity contribution in [2.24, 2.45) is 5.73 Å². The molecule has 1 aliphatic heterocycles. The van der Waals surface area contributed by atoms with Gasteiger partial charge in [0.2, 0.25) is 0 Å². The summed E-state index contributed by atoms with van der Waals surface area (Å²) in [5.74, 6) is -0.526. The molecule has 19 heavy (non-hydrogen) atoms. The highest BCUT2D eigenvalue weighted by Gasteiger charge is 2.53. The third kappa shape index (κ3) is 2.65. The molecule has 0 amide bonds. The van der Waals surface area contributed by atoms with Crippen molar-refractivity contribution < 1.29 is 9.31 Å². The molecule has 0 saturated carbocycles. The SMILES string of the molecule is CC1(C)OB([C@H](N)c2c(Cl)cccc2Cl)OC1(C)C. The largest absolute Gasteiger partial charge is 0.480 e. The van der Waals surface area contributed by atoms with E-state index in [1.54, 1.807) is 18.2 Å². The van der Waals surface area contributed by atoms with Crippen LogP contribution < -0.4 is 5.73 Å². The van der Waals surface area contributed by atoms with E-state index in [1.807, 2.05) is 27.7 Å². The van der Waals surface area contributed by atoms with Gasteiger partial charge < -0.3 is 15.0 Å². The second-order valence-electron chi connectivity index (χ2n) is 5.79. The normalized spacial score (nSPS) is 22.6. The van der Waals surface area contributed by atoms with Gasteiger partial charge in [0.1, 0.15) is 0 Å². The third-order valence-corrected chi connectivity index (χ3v) is 4.56. The lowest BCUT2D eigenvalue weighted by Gasteiger charge is -2.32. The summed E-state index contributed by atoms with van der Waals surface area (Å²) >= 11 is 12.3. The van der Waals surface area contributed by atoms with Crippen LogP contribution in [0, 0.1) is 0 Å². The van der Waals surface area contributed by atoms with Crippen LogP contribution in [0.2, 0.25) is 10.0 Å². The number of hydrogen-bond donors (Lipinski definition) is 1. The Morgan fingerprint density at radius 1 is 1.05 bits per heavy atom. The zero-order valence-corrected chi connectivity index (χ0v) is 13.0. The summed E-state index contributed by atoms with van der Waals surface area (Å²) in [7, 11) is -0.567. The van der Waals surface area contributed by atoms with E-state index in [4.69, 9.17) is 38.2 Å². The maximum atomic E-state index is 6.23. The van der Waals surface area contributed by atoms with E-state index in [-0.39, 0.29) is 0 Å². The van der Waals surface area contributed by atoms with Crippen molar-refractivity contribution >= 4 is 30.3 Å². The Hall–Kier alpha value is -0.255. The third-order valence-electron chi connectivity index (χ3n) is 3.90. The monoisotopic (exact) mass is 301 g/mol. The van der Waals surface area contributed by atoms with E-state index in [9.17, 15) is 0 Å². The molecule has 1 aromatic rings. The van der Waals surface area contributed by atoms with Crippen LogP contribution in [0.25, 0.3) is 0 Å². The average Bonchev–Trinajstić information content (AvgIpc) is 2.47. The Balaban J connectivity index is 2.30. The van der Waals surface area contributed by atoms with Gasteiger partial charge in [-0.05, 0) is 39.8 Å². The molecular formula is C13H18BCl2NO2. The van der Waals surface area contributed by atoms with Crippen LogP contribution in [0.3, 0.4) is 0 Å². The van der Waals surface area contributed by atoms with Crippen molar-refractivity contribution in [3.05, 3.63) is 33.8 Å². The summed E-state index contributed by atoms with van der Waals surface area (Å²) in [6, 6.07) is 5.30. The van der Waals surface area contributed by atoms with Gasteiger partial charge in [-0.15, -0.1) is 0 Å². The van der Waals surface area contributed by atoms with Gasteiger partial charge in [-0.3, -0.25) is 0 Å². The summed E-state index contributed by atoms with van der Waals surface area (Å²) in [5, 5.41) is 1.05. The fourth-order valence-electron chi connectivity index (χ4n) is 2.00. The van der Waals surface area contributed by atoms with Crippen LogP contribution in [0.4, 0.5) is 0 Å². The molecule has 1 aromatic carbocycles. The van der Waals surface area contributed by atoms with E-state index < -0.39 is 24.3 Å². The first-order chi connectivity index (χ1) is 8.66. The molecule has 2 rings (SSSR count). The molecule has 0 bridgehead atoms. The van der Waals surface area contributed by atoms with Gasteiger partial charge in [0.05, 0.1) is 17.1 Å². The highest BCUT2D eigenvalue weighted by atomic mass is 35.5. The lowest BCUT2D eigenvalue weighted by atomic mass is 9.75. The van der Waals surface area contributed by atoms with Gasteiger partial charge >= 0.3 is 7.12 Å². The minimum Gasteiger partial charge on any atom is -0.402 e. The lowest BCUT2D eigenvalue weighted by molar-refractivity contribution is 0.00578. The fraction of sp³-hybridized carbons (Fsp3) is 0.538. The summed E-state index contributed by atoms with van der Waals surface area (Å²) in [4.78, 5) is 0. The summed E-state index contributed by atoms with van der Waals surface area (Å²) < 4.78 is 11.9. The zero-order valence-electron chi connectivity index (χ0n) is 11.5. The Morgan fingerprint density at radius 3 is 1.89 bits per heavy atom. The topological polar surface area (TPSA) is 44.5 Å². The van der Waals surface area contributed by atoms with E-state index in [0.29, 0.717) is 15.6 Å². The van der Waals surface area contributed by atoms with E-state index >= 15 is 0 Å². The zero-order chi connectivity index (χ0) is 14.4. The fourth-order valence-corrected chi connectivity index (χ4v) is 2.65. The van der Waals surface area contributed by atoms with E-state index in [1.165, 1.54) is 0 Å². The van der Waals surface area contributed by atoms with Crippen molar-refractivity contribution in [3.63, 3.8) is 0 Å². The Labute approximate surface area is 124 Å². The molecule has 6 heteroatoms. The molecule has 0 spiro atoms. The number of rotatable bonds is 2. The Morgan fingerprint density at radius 2 is 1.47 bits per heavy atom. The highest BCUT2D eigenvalue weighted by Crippen LogP contribution is 2.41. The molecule has 1 saturated heterocycles. The van der Waals surface area contributed by atoms with Crippen molar-refractivity contribution in [2.45, 2.75) is 44.8 Å². The van der Waals surface area contributed by atoms with Crippen molar-refractivity contribution in [1.29, 1.82) is 0 Å². The second-order valence-corrected chi connectivity index (χ2v) is 6.60.